The van der Waals surface area contributed by atoms with E-state index in [9.17, 15) is 31.7 Å². The van der Waals surface area contributed by atoms with E-state index >= 15 is 0 Å². The zero-order valence-electron chi connectivity index (χ0n) is 15.6. The number of nitro benzene ring substituents is 1. The van der Waals surface area contributed by atoms with Crippen molar-refractivity contribution in [3.8, 4) is 0 Å². The molecule has 0 bridgehead atoms. The Bertz CT molecular complexity index is 852. The number of rotatable bonds is 6. The first kappa shape index (κ1) is 22.9. The van der Waals surface area contributed by atoms with E-state index in [1.165, 1.54) is 12.1 Å². The van der Waals surface area contributed by atoms with Crippen LogP contribution >= 0.6 is 0 Å². The predicted octanol–water partition coefficient (Wildman–Crippen LogP) is 1.82. The Kier molecular flexibility index (Phi) is 7.41. The lowest BCUT2D eigenvalue weighted by Crippen LogP contribution is -2.47. The van der Waals surface area contributed by atoms with E-state index in [2.05, 4.69) is 15.6 Å². The maximum atomic E-state index is 12.6. The first-order valence-corrected chi connectivity index (χ1v) is 10.2. The fourth-order valence-corrected chi connectivity index (χ4v) is 3.91. The quantitative estimate of drug-likeness (QED) is 0.304. The van der Waals surface area contributed by atoms with Gasteiger partial charge in [0.1, 0.15) is 0 Å². The first-order valence-electron chi connectivity index (χ1n) is 8.79. The van der Waals surface area contributed by atoms with Crippen LogP contribution in [0, 0.1) is 16.0 Å². The van der Waals surface area contributed by atoms with Crippen molar-refractivity contribution in [2.24, 2.45) is 10.9 Å². The molecule has 9 nitrogen and oxygen atoms in total. The molecule has 0 saturated carbocycles. The molecule has 2 N–H and O–H groups in total. The molecule has 0 aliphatic carbocycles. The minimum Gasteiger partial charge on any atom is -0.356 e. The topological polar surface area (TPSA) is 117 Å². The van der Waals surface area contributed by atoms with Crippen LogP contribution in [0.1, 0.15) is 18.4 Å². The van der Waals surface area contributed by atoms with E-state index in [4.69, 9.17) is 0 Å². The Hall–Kier alpha value is -2.41. The Morgan fingerprint density at radius 3 is 2.52 bits per heavy atom. The van der Waals surface area contributed by atoms with E-state index in [0.717, 1.165) is 0 Å². The molecule has 1 aromatic carbocycles. The summed E-state index contributed by atoms with van der Waals surface area (Å²) in [7, 11) is -3.74. The number of guanidine groups is 1. The van der Waals surface area contributed by atoms with Gasteiger partial charge in [0.15, 0.2) is 5.96 Å². The van der Waals surface area contributed by atoms with Gasteiger partial charge in [-0.25, -0.2) is 8.42 Å². The SMILES string of the molecule is CN=C(NCc1cccc([N+](=O)[O-])c1)NCC1CCN(S(=O)(=O)C(F)(F)F)CC1. The molecule has 13 heteroatoms. The number of alkyl halides is 3. The minimum absolute atomic E-state index is 0.00829. The number of nitrogens with one attached hydrogen (secondary N) is 2. The van der Waals surface area contributed by atoms with Crippen LogP contribution in [0.3, 0.4) is 0 Å². The molecule has 162 valence electrons. The highest BCUT2D eigenvalue weighted by molar-refractivity contribution is 7.90. The van der Waals surface area contributed by atoms with Gasteiger partial charge < -0.3 is 10.6 Å². The molecule has 1 fully saturated rings. The van der Waals surface area contributed by atoms with Crippen molar-refractivity contribution < 1.29 is 26.5 Å². The molecule has 0 amide bonds. The Morgan fingerprint density at radius 2 is 1.97 bits per heavy atom. The fourth-order valence-electron chi connectivity index (χ4n) is 2.93. The third-order valence-electron chi connectivity index (χ3n) is 4.57. The van der Waals surface area contributed by atoms with Gasteiger partial charge in [-0.15, -0.1) is 0 Å². The number of benzene rings is 1. The number of non-ortho nitro benzene ring substituents is 1. The number of piperidine rings is 1. The number of aliphatic imine (C=N–C) groups is 1. The molecular formula is C16H22F3N5O4S. The molecule has 0 unspecified atom stereocenters. The summed E-state index contributed by atoms with van der Waals surface area (Å²) in [5, 5.41) is 16.9. The molecule has 2 rings (SSSR count). The van der Waals surface area contributed by atoms with Crippen LogP contribution in [0.5, 0.6) is 0 Å². The largest absolute Gasteiger partial charge is 0.511 e. The maximum absolute atomic E-state index is 12.6. The molecule has 29 heavy (non-hydrogen) atoms. The average molecular weight is 437 g/mol. The lowest BCUT2D eigenvalue weighted by Gasteiger charge is -2.31. The predicted molar refractivity (Wildman–Crippen MR) is 101 cm³/mol. The van der Waals surface area contributed by atoms with Gasteiger partial charge in [0.25, 0.3) is 5.69 Å². The van der Waals surface area contributed by atoms with Crippen LogP contribution in [0.4, 0.5) is 18.9 Å². The van der Waals surface area contributed by atoms with Gasteiger partial charge in [-0.2, -0.15) is 17.5 Å². The number of nitrogens with zero attached hydrogens (tertiary/aromatic N) is 3. The van der Waals surface area contributed by atoms with Crippen LogP contribution < -0.4 is 10.6 Å². The van der Waals surface area contributed by atoms with Gasteiger partial charge in [0, 0.05) is 45.4 Å². The minimum atomic E-state index is -5.28. The molecule has 0 atom stereocenters. The van der Waals surface area contributed by atoms with Crippen molar-refractivity contribution in [1.29, 1.82) is 0 Å². The van der Waals surface area contributed by atoms with Crippen LogP contribution in [0.25, 0.3) is 0 Å². The lowest BCUT2D eigenvalue weighted by molar-refractivity contribution is -0.384. The number of sulfonamides is 1. The van der Waals surface area contributed by atoms with E-state index in [1.807, 2.05) is 0 Å². The first-order chi connectivity index (χ1) is 13.5. The third-order valence-corrected chi connectivity index (χ3v) is 6.20. The number of hydrogen-bond donors (Lipinski definition) is 2. The van der Waals surface area contributed by atoms with E-state index in [0.29, 0.717) is 41.8 Å². The van der Waals surface area contributed by atoms with Crippen LogP contribution in [-0.2, 0) is 16.6 Å². The van der Waals surface area contributed by atoms with Gasteiger partial charge in [0.2, 0.25) is 0 Å². The molecule has 0 spiro atoms. The standard InChI is InChI=1S/C16H22F3N5O4S/c1-20-15(22-11-13-3-2-4-14(9-13)24(25)26)21-10-12-5-7-23(8-6-12)29(27,28)16(17,18)19/h2-4,9,12H,5-8,10-11H2,1H3,(H2,20,21,22). The zero-order valence-corrected chi connectivity index (χ0v) is 16.5. The molecular weight excluding hydrogens is 415 g/mol. The summed E-state index contributed by atoms with van der Waals surface area (Å²) in [6, 6.07) is 6.14. The molecule has 1 aliphatic heterocycles. The van der Waals surface area contributed by atoms with Crippen molar-refractivity contribution in [3.63, 3.8) is 0 Å². The Morgan fingerprint density at radius 1 is 1.31 bits per heavy atom. The van der Waals surface area contributed by atoms with Crippen LogP contribution in [0.15, 0.2) is 29.3 Å². The second-order valence-electron chi connectivity index (χ2n) is 6.53. The summed E-state index contributed by atoms with van der Waals surface area (Å²) in [4.78, 5) is 14.4. The van der Waals surface area contributed by atoms with Gasteiger partial charge in [0.05, 0.1) is 4.92 Å². The smallest absolute Gasteiger partial charge is 0.356 e. The highest BCUT2D eigenvalue weighted by atomic mass is 32.2. The van der Waals surface area contributed by atoms with Gasteiger partial charge in [-0.05, 0) is 24.3 Å². The summed E-state index contributed by atoms with van der Waals surface area (Å²) in [6.45, 7) is 0.333. The van der Waals surface area contributed by atoms with Gasteiger partial charge in [-0.1, -0.05) is 12.1 Å². The van der Waals surface area contributed by atoms with Crippen LogP contribution in [-0.4, -0.2) is 55.8 Å². The van der Waals surface area contributed by atoms with Crippen molar-refractivity contribution in [1.82, 2.24) is 14.9 Å². The van der Waals surface area contributed by atoms with Gasteiger partial charge >= 0.3 is 15.5 Å². The van der Waals surface area contributed by atoms with Crippen molar-refractivity contribution >= 4 is 21.7 Å². The maximum Gasteiger partial charge on any atom is 0.511 e. The van der Waals surface area contributed by atoms with Crippen molar-refractivity contribution in [2.75, 3.05) is 26.7 Å². The molecule has 1 saturated heterocycles. The highest BCUT2D eigenvalue weighted by Crippen LogP contribution is 2.30. The lowest BCUT2D eigenvalue weighted by atomic mass is 9.98. The van der Waals surface area contributed by atoms with Gasteiger partial charge in [-0.3, -0.25) is 15.1 Å². The summed E-state index contributed by atoms with van der Waals surface area (Å²) < 4.78 is 61.1. The summed E-state index contributed by atoms with van der Waals surface area (Å²) >= 11 is 0. The van der Waals surface area contributed by atoms with E-state index in [-0.39, 0.29) is 24.7 Å². The molecule has 1 aromatic rings. The summed E-state index contributed by atoms with van der Waals surface area (Å²) in [5.74, 6) is 0.424. The van der Waals surface area contributed by atoms with Crippen molar-refractivity contribution in [3.05, 3.63) is 39.9 Å². The number of hydrogen-bond acceptors (Lipinski definition) is 5. The average Bonchev–Trinajstić information content (AvgIpc) is 2.67. The van der Waals surface area contributed by atoms with Crippen LogP contribution in [0.2, 0.25) is 0 Å². The molecule has 1 aliphatic rings. The second-order valence-corrected chi connectivity index (χ2v) is 8.46. The zero-order chi connectivity index (χ0) is 21.7. The summed E-state index contributed by atoms with van der Waals surface area (Å²) in [5.41, 5.74) is -4.61. The Labute approximate surface area is 166 Å². The summed E-state index contributed by atoms with van der Waals surface area (Å²) in [6.07, 6.45) is 0.592. The highest BCUT2D eigenvalue weighted by Gasteiger charge is 2.50. The fraction of sp³-hybridized carbons (Fsp3) is 0.562. The second kappa shape index (κ2) is 9.39. The Balaban J connectivity index is 1.81. The van der Waals surface area contributed by atoms with Crippen molar-refractivity contribution in [2.45, 2.75) is 24.9 Å². The molecule has 0 radical (unpaired) electrons. The van der Waals surface area contributed by atoms with E-state index in [1.54, 1.807) is 19.2 Å². The third kappa shape index (κ3) is 6.03. The van der Waals surface area contributed by atoms with E-state index < -0.39 is 20.5 Å². The normalized spacial score (nSPS) is 17.2. The number of halogens is 3. The molecule has 0 aromatic heterocycles. The monoisotopic (exact) mass is 437 g/mol. The number of nitro groups is 1. The molecule has 1 heterocycles.